The predicted octanol–water partition coefficient (Wildman–Crippen LogP) is 4.00. The van der Waals surface area contributed by atoms with Gasteiger partial charge in [-0.3, -0.25) is 10.1 Å². The van der Waals surface area contributed by atoms with Gasteiger partial charge in [-0.15, -0.1) is 0 Å². The fourth-order valence-electron chi connectivity index (χ4n) is 4.20. The Morgan fingerprint density at radius 2 is 1.47 bits per heavy atom. The number of nitrogens with one attached hydrogen (secondary N) is 2. The van der Waals surface area contributed by atoms with Gasteiger partial charge in [-0.05, 0) is 60.7 Å². The lowest BCUT2D eigenvalue weighted by Crippen LogP contribution is -2.44. The van der Waals surface area contributed by atoms with E-state index < -0.39 is 24.4 Å². The lowest BCUT2D eigenvalue weighted by molar-refractivity contribution is 0.00862. The molecule has 9 heteroatoms. The Balaban J connectivity index is 1.11. The van der Waals surface area contributed by atoms with E-state index in [4.69, 9.17) is 23.7 Å². The molecule has 2 N–H and O–H groups in total. The molecule has 4 atom stereocenters. The highest BCUT2D eigenvalue weighted by molar-refractivity contribution is 5.94. The number of hydrogen-bond donors (Lipinski definition) is 2. The molecule has 186 valence electrons. The summed E-state index contributed by atoms with van der Waals surface area (Å²) < 4.78 is 28.1. The van der Waals surface area contributed by atoms with Crippen LogP contribution in [0.2, 0.25) is 0 Å². The molecule has 5 rings (SSSR count). The molecule has 0 spiro atoms. The van der Waals surface area contributed by atoms with Gasteiger partial charge in [0.25, 0.3) is 5.91 Å². The molecule has 0 bridgehead atoms. The number of para-hydroxylation sites is 1. The van der Waals surface area contributed by atoms with Gasteiger partial charge in [0.1, 0.15) is 29.5 Å². The molecular weight excluding hydrogens is 464 g/mol. The van der Waals surface area contributed by atoms with Crippen molar-refractivity contribution >= 4 is 17.7 Å². The van der Waals surface area contributed by atoms with Crippen molar-refractivity contribution in [1.82, 2.24) is 5.32 Å². The summed E-state index contributed by atoms with van der Waals surface area (Å²) >= 11 is 0. The van der Waals surface area contributed by atoms with Crippen molar-refractivity contribution in [2.75, 3.05) is 25.6 Å². The quantitative estimate of drug-likeness (QED) is 0.516. The summed E-state index contributed by atoms with van der Waals surface area (Å²) in [5, 5.41) is 5.65. The summed E-state index contributed by atoms with van der Waals surface area (Å²) in [6.45, 7) is 0.448. The molecule has 2 amide bonds. The molecule has 3 aromatic rings. The summed E-state index contributed by atoms with van der Waals surface area (Å²) in [4.78, 5) is 25.1. The number of carbonyl (C=O) groups excluding carboxylic acids is 2. The third kappa shape index (κ3) is 5.42. The molecule has 2 heterocycles. The van der Waals surface area contributed by atoms with E-state index >= 15 is 0 Å². The van der Waals surface area contributed by atoms with Crippen molar-refractivity contribution in [1.29, 1.82) is 0 Å². The van der Waals surface area contributed by atoms with Crippen LogP contribution in [0, 0.1) is 0 Å². The number of hydrogen-bond acceptors (Lipinski definition) is 7. The Morgan fingerprint density at radius 1 is 0.806 bits per heavy atom. The Morgan fingerprint density at radius 3 is 2.19 bits per heavy atom. The van der Waals surface area contributed by atoms with E-state index in [-0.39, 0.29) is 25.2 Å². The molecule has 9 nitrogen and oxygen atoms in total. The smallest absolute Gasteiger partial charge is 0.412 e. The zero-order valence-corrected chi connectivity index (χ0v) is 19.6. The topological polar surface area (TPSA) is 104 Å². The minimum atomic E-state index is -0.615. The summed E-state index contributed by atoms with van der Waals surface area (Å²) in [5.74, 6) is 1.81. The van der Waals surface area contributed by atoms with Crippen molar-refractivity contribution in [2.45, 2.75) is 24.4 Å². The van der Waals surface area contributed by atoms with Crippen molar-refractivity contribution in [3.63, 3.8) is 0 Å². The largest absolute Gasteiger partial charge is 0.497 e. The van der Waals surface area contributed by atoms with Gasteiger partial charge in [-0.1, -0.05) is 18.2 Å². The molecule has 3 aromatic carbocycles. The van der Waals surface area contributed by atoms with Crippen LogP contribution in [0.3, 0.4) is 0 Å². The van der Waals surface area contributed by atoms with Crippen LogP contribution in [0.15, 0.2) is 78.9 Å². The summed E-state index contributed by atoms with van der Waals surface area (Å²) in [7, 11) is 1.57. The van der Waals surface area contributed by atoms with Gasteiger partial charge in [0.05, 0.1) is 26.4 Å². The zero-order valence-electron chi connectivity index (χ0n) is 19.6. The number of methoxy groups -OCH3 is 1. The number of carbonyl (C=O) groups is 2. The van der Waals surface area contributed by atoms with E-state index in [2.05, 4.69) is 10.6 Å². The molecule has 2 aliphatic rings. The molecular formula is C27H26N2O7. The van der Waals surface area contributed by atoms with Crippen molar-refractivity contribution in [3.05, 3.63) is 84.4 Å². The Bertz CT molecular complexity index is 1190. The van der Waals surface area contributed by atoms with Crippen molar-refractivity contribution < 1.29 is 33.3 Å². The second-order valence-corrected chi connectivity index (χ2v) is 8.41. The average Bonchev–Trinajstić information content (AvgIpc) is 3.49. The maximum Gasteiger partial charge on any atom is 0.412 e. The van der Waals surface area contributed by atoms with Crippen LogP contribution in [0.1, 0.15) is 10.4 Å². The second-order valence-electron chi connectivity index (χ2n) is 8.41. The summed E-state index contributed by atoms with van der Waals surface area (Å²) in [6.07, 6.45) is -2.06. The maximum atomic E-state index is 12.6. The Labute approximate surface area is 208 Å². The Kier molecular flexibility index (Phi) is 7.01. The molecule has 0 saturated carbocycles. The van der Waals surface area contributed by atoms with Crippen LogP contribution >= 0.6 is 0 Å². The van der Waals surface area contributed by atoms with Gasteiger partial charge in [0, 0.05) is 11.3 Å². The highest BCUT2D eigenvalue weighted by Crippen LogP contribution is 2.30. The molecule has 2 aliphatic heterocycles. The Hall–Kier alpha value is -4.08. The fraction of sp³-hybridized carbons (Fsp3) is 0.259. The SMILES string of the molecule is COc1ccc(C(=O)NC2COC3C(OC(=O)Nc4ccc(Oc5ccccc5)cc4)COC23)cc1. The van der Waals surface area contributed by atoms with Crippen LogP contribution in [0.5, 0.6) is 17.2 Å². The van der Waals surface area contributed by atoms with E-state index in [1.54, 1.807) is 55.6 Å². The highest BCUT2D eigenvalue weighted by atomic mass is 16.6. The van der Waals surface area contributed by atoms with E-state index in [1.165, 1.54) is 0 Å². The number of fused-ring (bicyclic) bond motifs is 1. The lowest BCUT2D eigenvalue weighted by Gasteiger charge is -2.18. The predicted molar refractivity (Wildman–Crippen MR) is 131 cm³/mol. The first kappa shape index (κ1) is 23.7. The minimum Gasteiger partial charge on any atom is -0.497 e. The van der Waals surface area contributed by atoms with Gasteiger partial charge in [0.2, 0.25) is 0 Å². The van der Waals surface area contributed by atoms with Crippen LogP contribution in [-0.2, 0) is 14.2 Å². The molecule has 2 fully saturated rings. The van der Waals surface area contributed by atoms with Gasteiger partial charge in [0.15, 0.2) is 6.10 Å². The van der Waals surface area contributed by atoms with Crippen molar-refractivity contribution in [3.8, 4) is 17.2 Å². The van der Waals surface area contributed by atoms with Crippen LogP contribution in [0.4, 0.5) is 10.5 Å². The second kappa shape index (κ2) is 10.7. The van der Waals surface area contributed by atoms with E-state index in [0.717, 1.165) is 5.75 Å². The van der Waals surface area contributed by atoms with E-state index in [1.807, 2.05) is 30.3 Å². The average molecular weight is 491 g/mol. The number of anilines is 1. The van der Waals surface area contributed by atoms with Gasteiger partial charge >= 0.3 is 6.09 Å². The first-order valence-electron chi connectivity index (χ1n) is 11.6. The standard InChI is InChI=1S/C27H26N2O7/c1-32-19-11-7-17(8-12-19)26(30)29-22-15-33-25-23(16-34-24(22)25)36-27(31)28-18-9-13-21(14-10-18)35-20-5-3-2-4-6-20/h2-14,22-25H,15-16H2,1H3,(H,28,31)(H,29,30). The minimum absolute atomic E-state index is 0.182. The van der Waals surface area contributed by atoms with E-state index in [0.29, 0.717) is 22.7 Å². The normalized spacial score (nSPS) is 22.4. The van der Waals surface area contributed by atoms with Gasteiger partial charge in [-0.25, -0.2) is 4.79 Å². The lowest BCUT2D eigenvalue weighted by atomic mass is 10.1. The fourth-order valence-corrected chi connectivity index (χ4v) is 4.20. The molecule has 36 heavy (non-hydrogen) atoms. The molecule has 2 saturated heterocycles. The number of benzene rings is 3. The van der Waals surface area contributed by atoms with Crippen LogP contribution in [0.25, 0.3) is 0 Å². The number of ether oxygens (including phenoxy) is 5. The van der Waals surface area contributed by atoms with E-state index in [9.17, 15) is 9.59 Å². The zero-order chi connectivity index (χ0) is 24.9. The van der Waals surface area contributed by atoms with Crippen LogP contribution < -0.4 is 20.1 Å². The number of rotatable bonds is 7. The molecule has 4 unspecified atom stereocenters. The summed E-state index contributed by atoms with van der Waals surface area (Å²) in [5.41, 5.74) is 1.07. The van der Waals surface area contributed by atoms with Gasteiger partial charge in [-0.2, -0.15) is 0 Å². The van der Waals surface area contributed by atoms with Gasteiger partial charge < -0.3 is 29.0 Å². The molecule has 0 aliphatic carbocycles. The first-order chi connectivity index (χ1) is 17.6. The first-order valence-corrected chi connectivity index (χ1v) is 11.6. The third-order valence-corrected chi connectivity index (χ3v) is 6.01. The van der Waals surface area contributed by atoms with Crippen molar-refractivity contribution in [2.24, 2.45) is 0 Å². The summed E-state index contributed by atoms with van der Waals surface area (Å²) in [6, 6.07) is 22.9. The third-order valence-electron chi connectivity index (χ3n) is 6.01. The number of amides is 2. The monoisotopic (exact) mass is 490 g/mol. The molecule has 0 aromatic heterocycles. The van der Waals surface area contributed by atoms with Crippen LogP contribution in [-0.4, -0.2) is 56.7 Å². The molecule has 0 radical (unpaired) electrons. The maximum absolute atomic E-state index is 12.6. The highest BCUT2D eigenvalue weighted by Gasteiger charge is 2.50.